The van der Waals surface area contributed by atoms with E-state index in [9.17, 15) is 0 Å². The van der Waals surface area contributed by atoms with Gasteiger partial charge in [-0.05, 0) is 24.7 Å². The summed E-state index contributed by atoms with van der Waals surface area (Å²) >= 11 is 0. The quantitative estimate of drug-likeness (QED) is 0.660. The molecule has 1 saturated heterocycles. The first-order valence-electron chi connectivity index (χ1n) is 5.40. The summed E-state index contributed by atoms with van der Waals surface area (Å²) in [5.41, 5.74) is 1.25. The third-order valence-corrected chi connectivity index (χ3v) is 3.23. The lowest BCUT2D eigenvalue weighted by Crippen LogP contribution is -2.43. The zero-order valence-corrected chi connectivity index (χ0v) is 8.15. The number of hydrogen-bond acceptors (Lipinski definition) is 2. The lowest BCUT2D eigenvalue weighted by Gasteiger charge is -2.07. The van der Waals surface area contributed by atoms with Gasteiger partial charge in [0.15, 0.2) is 0 Å². The van der Waals surface area contributed by atoms with Crippen LogP contribution in [-0.4, -0.2) is 19.2 Å². The fourth-order valence-corrected chi connectivity index (χ4v) is 2.49. The van der Waals surface area contributed by atoms with E-state index in [1.165, 1.54) is 24.7 Å². The van der Waals surface area contributed by atoms with Crippen molar-refractivity contribution in [2.75, 3.05) is 0 Å². The van der Waals surface area contributed by atoms with Gasteiger partial charge in [0.05, 0.1) is 6.10 Å². The van der Waals surface area contributed by atoms with E-state index in [2.05, 4.69) is 29.5 Å². The second-order valence-corrected chi connectivity index (χ2v) is 4.17. The topological polar surface area (TPSA) is 21.3 Å². The Kier molecular flexibility index (Phi) is 2.07. The van der Waals surface area contributed by atoms with Crippen LogP contribution >= 0.6 is 0 Å². The largest absolute Gasteiger partial charge is 0.416 e. The van der Waals surface area contributed by atoms with Gasteiger partial charge in [-0.15, -0.1) is 0 Å². The maximum atomic E-state index is 5.96. The Labute approximate surface area is 84.8 Å². The summed E-state index contributed by atoms with van der Waals surface area (Å²) in [4.78, 5) is 0. The first-order chi connectivity index (χ1) is 6.93. The van der Waals surface area contributed by atoms with Crippen LogP contribution in [0.5, 0.6) is 0 Å². The molecule has 1 saturated carbocycles. The summed E-state index contributed by atoms with van der Waals surface area (Å²) in [6.07, 6.45) is 4.26. The van der Waals surface area contributed by atoms with E-state index in [-0.39, 0.29) is 7.05 Å². The van der Waals surface area contributed by atoms with Crippen molar-refractivity contribution in [2.24, 2.45) is 0 Å². The fraction of sp³-hybridized carbons (Fsp3) is 0.455. The molecule has 0 unspecified atom stereocenters. The van der Waals surface area contributed by atoms with Crippen molar-refractivity contribution < 1.29 is 4.65 Å². The number of hydrogen-bond donors (Lipinski definition) is 1. The molecule has 1 aromatic rings. The summed E-state index contributed by atoms with van der Waals surface area (Å²) < 4.78 is 5.96. The molecule has 0 bridgehead atoms. The zero-order chi connectivity index (χ0) is 9.38. The van der Waals surface area contributed by atoms with E-state index in [1.807, 2.05) is 6.07 Å². The molecule has 1 heterocycles. The second-order valence-electron chi connectivity index (χ2n) is 4.17. The van der Waals surface area contributed by atoms with Gasteiger partial charge in [-0.2, -0.15) is 0 Å². The van der Waals surface area contributed by atoms with E-state index in [4.69, 9.17) is 4.65 Å². The Morgan fingerprint density at radius 1 is 1.21 bits per heavy atom. The monoisotopic (exact) mass is 187 g/mol. The van der Waals surface area contributed by atoms with Gasteiger partial charge in [0.1, 0.15) is 0 Å². The van der Waals surface area contributed by atoms with Crippen LogP contribution in [0.4, 0.5) is 0 Å². The standard InChI is InChI=1S/C11H14BNO/c1-2-5-9(6-3-1)12-13-10-7-4-8-11(10)14-12/h1-3,5-6,10-11,13H,4,7-8H2/t10-,11+/m0/s1. The number of fused-ring (bicyclic) bond motifs is 1. The van der Waals surface area contributed by atoms with Crippen LogP contribution in [-0.2, 0) is 4.65 Å². The Bertz CT molecular complexity index is 304. The first-order valence-corrected chi connectivity index (χ1v) is 5.40. The molecule has 1 aromatic carbocycles. The molecule has 0 radical (unpaired) electrons. The van der Waals surface area contributed by atoms with Crippen LogP contribution in [0.3, 0.4) is 0 Å². The van der Waals surface area contributed by atoms with E-state index < -0.39 is 0 Å². The highest BCUT2D eigenvalue weighted by Gasteiger charge is 2.40. The summed E-state index contributed by atoms with van der Waals surface area (Å²) in [5.74, 6) is 0. The predicted molar refractivity (Wildman–Crippen MR) is 57.5 cm³/mol. The van der Waals surface area contributed by atoms with Crippen molar-refractivity contribution in [3.05, 3.63) is 30.3 Å². The Balaban J connectivity index is 1.77. The molecule has 3 heteroatoms. The summed E-state index contributed by atoms with van der Waals surface area (Å²) in [7, 11) is 0.131. The van der Waals surface area contributed by atoms with Crippen molar-refractivity contribution in [3.63, 3.8) is 0 Å². The van der Waals surface area contributed by atoms with Crippen LogP contribution in [0.1, 0.15) is 19.3 Å². The third kappa shape index (κ3) is 1.37. The van der Waals surface area contributed by atoms with Crippen LogP contribution in [0.2, 0.25) is 0 Å². The summed E-state index contributed by atoms with van der Waals surface area (Å²) in [6.45, 7) is 0. The minimum Gasteiger partial charge on any atom is -0.413 e. The predicted octanol–water partition coefficient (Wildman–Crippen LogP) is 0.923. The highest BCUT2D eigenvalue weighted by molar-refractivity contribution is 6.65. The SMILES string of the molecule is c1ccc(B2N[C@H]3CCC[C@H]3O2)cc1. The third-order valence-electron chi connectivity index (χ3n) is 3.23. The average molecular weight is 187 g/mol. The molecule has 0 aromatic heterocycles. The maximum absolute atomic E-state index is 5.96. The minimum absolute atomic E-state index is 0.131. The summed E-state index contributed by atoms with van der Waals surface area (Å²) in [5, 5.41) is 3.55. The van der Waals surface area contributed by atoms with Gasteiger partial charge in [0.25, 0.3) is 0 Å². The van der Waals surface area contributed by atoms with Crippen LogP contribution in [0, 0.1) is 0 Å². The molecule has 1 aliphatic carbocycles. The van der Waals surface area contributed by atoms with E-state index >= 15 is 0 Å². The van der Waals surface area contributed by atoms with Crippen molar-refractivity contribution in [2.45, 2.75) is 31.4 Å². The van der Waals surface area contributed by atoms with E-state index in [1.54, 1.807) is 0 Å². The van der Waals surface area contributed by atoms with Gasteiger partial charge in [0.2, 0.25) is 0 Å². The Morgan fingerprint density at radius 3 is 2.86 bits per heavy atom. The molecule has 2 aliphatic rings. The Hall–Kier alpha value is -0.795. The number of nitrogens with one attached hydrogen (secondary N) is 1. The van der Waals surface area contributed by atoms with Gasteiger partial charge < -0.3 is 9.88 Å². The molecule has 2 fully saturated rings. The molecule has 2 nitrogen and oxygen atoms in total. The molecule has 0 spiro atoms. The lowest BCUT2D eigenvalue weighted by molar-refractivity contribution is 0.233. The van der Waals surface area contributed by atoms with Gasteiger partial charge >= 0.3 is 7.05 Å². The van der Waals surface area contributed by atoms with E-state index in [0.717, 1.165) is 0 Å². The Morgan fingerprint density at radius 2 is 2.07 bits per heavy atom. The number of rotatable bonds is 1. The fourth-order valence-electron chi connectivity index (χ4n) is 2.49. The van der Waals surface area contributed by atoms with Crippen LogP contribution < -0.4 is 10.7 Å². The molecule has 1 aliphatic heterocycles. The van der Waals surface area contributed by atoms with Gasteiger partial charge in [-0.3, -0.25) is 0 Å². The molecule has 2 atom stereocenters. The molecule has 72 valence electrons. The number of benzene rings is 1. The molecule has 1 N–H and O–H groups in total. The van der Waals surface area contributed by atoms with Gasteiger partial charge in [-0.25, -0.2) is 0 Å². The van der Waals surface area contributed by atoms with Crippen molar-refractivity contribution >= 4 is 12.5 Å². The van der Waals surface area contributed by atoms with Gasteiger partial charge in [-0.1, -0.05) is 30.3 Å². The smallest absolute Gasteiger partial charge is 0.413 e. The van der Waals surface area contributed by atoms with Crippen molar-refractivity contribution in [1.29, 1.82) is 0 Å². The second kappa shape index (κ2) is 3.41. The molecular formula is C11H14BNO. The van der Waals surface area contributed by atoms with E-state index in [0.29, 0.717) is 12.1 Å². The minimum atomic E-state index is 0.131. The molecule has 14 heavy (non-hydrogen) atoms. The molecule has 3 rings (SSSR count). The zero-order valence-electron chi connectivity index (χ0n) is 8.15. The van der Waals surface area contributed by atoms with Crippen molar-refractivity contribution in [1.82, 2.24) is 5.23 Å². The lowest BCUT2D eigenvalue weighted by atomic mass is 9.74. The highest BCUT2D eigenvalue weighted by Crippen LogP contribution is 2.26. The van der Waals surface area contributed by atoms with Crippen molar-refractivity contribution in [3.8, 4) is 0 Å². The normalized spacial score (nSPS) is 30.7. The average Bonchev–Trinajstić information content (AvgIpc) is 2.78. The summed E-state index contributed by atoms with van der Waals surface area (Å²) in [6, 6.07) is 11.0. The van der Waals surface area contributed by atoms with Crippen LogP contribution in [0.15, 0.2) is 30.3 Å². The van der Waals surface area contributed by atoms with Crippen LogP contribution in [0.25, 0.3) is 0 Å². The molecular weight excluding hydrogens is 173 g/mol. The first kappa shape index (κ1) is 8.51. The highest BCUT2D eigenvalue weighted by atomic mass is 16.5. The molecule has 0 amide bonds. The van der Waals surface area contributed by atoms with Gasteiger partial charge in [0, 0.05) is 6.04 Å². The maximum Gasteiger partial charge on any atom is 0.416 e.